The number of amides is 1. The molecule has 2 N–H and O–H groups in total. The van der Waals surface area contributed by atoms with Gasteiger partial charge in [0.2, 0.25) is 0 Å². The van der Waals surface area contributed by atoms with Gasteiger partial charge in [-0.3, -0.25) is 4.79 Å². The normalized spacial score (nSPS) is 10.8. The van der Waals surface area contributed by atoms with Crippen molar-refractivity contribution >= 4 is 38.7 Å². The van der Waals surface area contributed by atoms with E-state index in [1.807, 2.05) is 13.8 Å². The van der Waals surface area contributed by atoms with Crippen molar-refractivity contribution in [1.82, 2.24) is 19.9 Å². The molecule has 0 spiro atoms. The van der Waals surface area contributed by atoms with E-state index in [1.54, 1.807) is 18.3 Å². The molecule has 0 unspecified atom stereocenters. The number of pyridine rings is 1. The topological polar surface area (TPSA) is 83.6 Å². The first kappa shape index (κ1) is 13.7. The van der Waals surface area contributed by atoms with Crippen LogP contribution >= 0.6 is 15.9 Å². The zero-order valence-corrected chi connectivity index (χ0v) is 13.0. The highest BCUT2D eigenvalue weighted by Crippen LogP contribution is 2.25. The summed E-state index contributed by atoms with van der Waals surface area (Å²) in [6.45, 7) is 3.92. The number of aromatic nitrogens is 4. The second kappa shape index (κ2) is 5.25. The second-order valence-corrected chi connectivity index (χ2v) is 5.55. The van der Waals surface area contributed by atoms with Crippen LogP contribution in [0.4, 0.5) is 5.82 Å². The van der Waals surface area contributed by atoms with E-state index >= 15 is 0 Å². The molecule has 0 aliphatic carbocycles. The molecule has 3 aromatic rings. The number of anilines is 1. The summed E-state index contributed by atoms with van der Waals surface area (Å²) in [5, 5.41) is 3.61. The predicted octanol–water partition coefficient (Wildman–Crippen LogP) is 2.98. The minimum atomic E-state index is -0.305. The average molecular weight is 346 g/mol. The molecular formula is C14H12BrN5O. The minimum absolute atomic E-state index is 0.305. The van der Waals surface area contributed by atoms with Crippen molar-refractivity contribution in [1.29, 1.82) is 0 Å². The summed E-state index contributed by atoms with van der Waals surface area (Å²) in [5.74, 6) is 0.178. The summed E-state index contributed by atoms with van der Waals surface area (Å²) >= 11 is 3.29. The van der Waals surface area contributed by atoms with Gasteiger partial charge in [-0.1, -0.05) is 0 Å². The van der Waals surface area contributed by atoms with Gasteiger partial charge in [-0.05, 0) is 47.5 Å². The number of hydrogen-bond acceptors (Lipinski definition) is 4. The fourth-order valence-electron chi connectivity index (χ4n) is 2.07. The summed E-state index contributed by atoms with van der Waals surface area (Å²) in [4.78, 5) is 27.8. The molecule has 106 valence electrons. The number of carbonyl (C=O) groups is 1. The fraction of sp³-hybridized carbons (Fsp3) is 0.143. The molecule has 0 saturated carbocycles. The number of aryl methyl sites for hydroxylation is 2. The first-order chi connectivity index (χ1) is 10.1. The molecule has 7 heteroatoms. The summed E-state index contributed by atoms with van der Waals surface area (Å²) in [6, 6.07) is 3.41. The van der Waals surface area contributed by atoms with Crippen LogP contribution in [0.3, 0.4) is 0 Å². The number of nitrogens with zero attached hydrogens (tertiary/aromatic N) is 3. The Balaban J connectivity index is 1.98. The number of H-pyrrole nitrogens is 1. The van der Waals surface area contributed by atoms with Gasteiger partial charge in [0.1, 0.15) is 23.5 Å². The highest BCUT2D eigenvalue weighted by molar-refractivity contribution is 9.10. The standard InChI is InChI=1S/C14H12BrN5O/c1-7-8(2)19-12-11(7)13(18-6-17-12)20-14(21)10-4-3-9(15)5-16-10/h3-6H,1-2H3,(H2,17,18,19,20,21). The fourth-order valence-corrected chi connectivity index (χ4v) is 2.31. The molecule has 21 heavy (non-hydrogen) atoms. The maximum Gasteiger partial charge on any atom is 0.275 e. The molecular weight excluding hydrogens is 334 g/mol. The van der Waals surface area contributed by atoms with E-state index in [1.165, 1.54) is 6.33 Å². The van der Waals surface area contributed by atoms with E-state index in [0.717, 1.165) is 21.1 Å². The number of hydrogen-bond donors (Lipinski definition) is 2. The van der Waals surface area contributed by atoms with Crippen LogP contribution in [0, 0.1) is 13.8 Å². The smallest absolute Gasteiger partial charge is 0.275 e. The number of rotatable bonds is 2. The molecule has 0 aromatic carbocycles. The lowest BCUT2D eigenvalue weighted by Crippen LogP contribution is -2.14. The van der Waals surface area contributed by atoms with Crippen LogP contribution in [-0.2, 0) is 0 Å². The number of halogens is 1. The van der Waals surface area contributed by atoms with Crippen LogP contribution in [0.2, 0.25) is 0 Å². The second-order valence-electron chi connectivity index (χ2n) is 4.64. The Bertz CT molecular complexity index is 825. The minimum Gasteiger partial charge on any atom is -0.343 e. The van der Waals surface area contributed by atoms with Crippen molar-refractivity contribution in [3.63, 3.8) is 0 Å². The largest absolute Gasteiger partial charge is 0.343 e. The molecule has 0 saturated heterocycles. The molecule has 3 aromatic heterocycles. The summed E-state index contributed by atoms with van der Waals surface area (Å²) < 4.78 is 0.820. The van der Waals surface area contributed by atoms with Crippen LogP contribution in [0.15, 0.2) is 29.1 Å². The van der Waals surface area contributed by atoms with Crippen LogP contribution in [0.25, 0.3) is 11.0 Å². The lowest BCUT2D eigenvalue weighted by molar-refractivity contribution is 0.102. The Morgan fingerprint density at radius 1 is 1.24 bits per heavy atom. The van der Waals surface area contributed by atoms with Gasteiger partial charge in [-0.2, -0.15) is 0 Å². The monoisotopic (exact) mass is 345 g/mol. The lowest BCUT2D eigenvalue weighted by Gasteiger charge is -2.05. The Kier molecular flexibility index (Phi) is 3.42. The van der Waals surface area contributed by atoms with Gasteiger partial charge < -0.3 is 10.3 Å². The molecule has 0 fully saturated rings. The third kappa shape index (κ3) is 2.52. The van der Waals surface area contributed by atoms with Gasteiger partial charge >= 0.3 is 0 Å². The van der Waals surface area contributed by atoms with Gasteiger partial charge in [-0.15, -0.1) is 0 Å². The zero-order chi connectivity index (χ0) is 15.0. The zero-order valence-electron chi connectivity index (χ0n) is 11.4. The van der Waals surface area contributed by atoms with Crippen LogP contribution in [0.5, 0.6) is 0 Å². The number of nitrogens with one attached hydrogen (secondary N) is 2. The van der Waals surface area contributed by atoms with Crippen LogP contribution in [-0.4, -0.2) is 25.8 Å². The van der Waals surface area contributed by atoms with Crippen LogP contribution < -0.4 is 5.32 Å². The van der Waals surface area contributed by atoms with Crippen LogP contribution in [0.1, 0.15) is 21.7 Å². The first-order valence-corrected chi connectivity index (χ1v) is 7.08. The molecule has 6 nitrogen and oxygen atoms in total. The molecule has 0 atom stereocenters. The van der Waals surface area contributed by atoms with E-state index in [2.05, 4.69) is 41.2 Å². The lowest BCUT2D eigenvalue weighted by atomic mass is 10.2. The Hall–Kier alpha value is -2.28. The summed E-state index contributed by atoms with van der Waals surface area (Å²) in [5.41, 5.74) is 3.06. The van der Waals surface area contributed by atoms with E-state index < -0.39 is 0 Å². The quantitative estimate of drug-likeness (QED) is 0.747. The molecule has 3 rings (SSSR count). The van der Waals surface area contributed by atoms with Crippen molar-refractivity contribution in [3.8, 4) is 0 Å². The molecule has 0 bridgehead atoms. The SMILES string of the molecule is Cc1[nH]c2ncnc(NC(=O)c3ccc(Br)cn3)c2c1C. The van der Waals surface area contributed by atoms with Crippen molar-refractivity contribution in [2.24, 2.45) is 0 Å². The van der Waals surface area contributed by atoms with E-state index in [-0.39, 0.29) is 5.91 Å². The molecule has 1 amide bonds. The molecule has 3 heterocycles. The Labute approximate surface area is 129 Å². The van der Waals surface area contributed by atoms with Crippen molar-refractivity contribution < 1.29 is 4.79 Å². The molecule has 0 radical (unpaired) electrons. The van der Waals surface area contributed by atoms with E-state index in [0.29, 0.717) is 17.2 Å². The number of fused-ring (bicyclic) bond motifs is 1. The third-order valence-corrected chi connectivity index (χ3v) is 3.75. The van der Waals surface area contributed by atoms with Gasteiger partial charge in [0, 0.05) is 16.4 Å². The summed E-state index contributed by atoms with van der Waals surface area (Å²) in [7, 11) is 0. The highest BCUT2D eigenvalue weighted by atomic mass is 79.9. The summed E-state index contributed by atoms with van der Waals surface area (Å²) in [6.07, 6.45) is 3.00. The van der Waals surface area contributed by atoms with Gasteiger partial charge in [0.05, 0.1) is 5.39 Å². The predicted molar refractivity (Wildman–Crippen MR) is 83.3 cm³/mol. The maximum atomic E-state index is 12.2. The Morgan fingerprint density at radius 2 is 2.05 bits per heavy atom. The first-order valence-electron chi connectivity index (χ1n) is 6.29. The van der Waals surface area contributed by atoms with Crippen molar-refractivity contribution in [2.75, 3.05) is 5.32 Å². The molecule has 0 aliphatic heterocycles. The Morgan fingerprint density at radius 3 is 2.76 bits per heavy atom. The highest BCUT2D eigenvalue weighted by Gasteiger charge is 2.15. The van der Waals surface area contributed by atoms with Gasteiger partial charge in [0.15, 0.2) is 0 Å². The van der Waals surface area contributed by atoms with Crippen molar-refractivity contribution in [3.05, 3.63) is 46.1 Å². The van der Waals surface area contributed by atoms with Crippen molar-refractivity contribution in [2.45, 2.75) is 13.8 Å². The van der Waals surface area contributed by atoms with E-state index in [4.69, 9.17) is 0 Å². The maximum absolute atomic E-state index is 12.2. The van der Waals surface area contributed by atoms with Gasteiger partial charge in [0.25, 0.3) is 5.91 Å². The average Bonchev–Trinajstić information content (AvgIpc) is 2.76. The third-order valence-electron chi connectivity index (χ3n) is 3.28. The van der Waals surface area contributed by atoms with E-state index in [9.17, 15) is 4.79 Å². The number of carbonyl (C=O) groups excluding carboxylic acids is 1. The molecule has 0 aliphatic rings. The van der Waals surface area contributed by atoms with Gasteiger partial charge in [-0.25, -0.2) is 15.0 Å². The number of aromatic amines is 1.